The Morgan fingerprint density at radius 2 is 1.86 bits per heavy atom. The van der Waals surface area contributed by atoms with Gasteiger partial charge in [-0.15, -0.1) is 0 Å². The molecule has 0 bridgehead atoms. The molecule has 144 valence electrons. The molecule has 0 radical (unpaired) electrons. The first-order valence-corrected chi connectivity index (χ1v) is 10.6. The molecule has 1 saturated carbocycles. The number of benzene rings is 2. The molecule has 4 nitrogen and oxygen atoms in total. The SMILES string of the molecule is Cc1ccc2nc3ccccc3c(CN3CCc4nc(C5CC5)ncc4C3)c2c1. The summed E-state index contributed by atoms with van der Waals surface area (Å²) in [6.45, 7) is 5.04. The van der Waals surface area contributed by atoms with Crippen molar-refractivity contribution in [3.63, 3.8) is 0 Å². The normalized spacial score (nSPS) is 17.0. The summed E-state index contributed by atoms with van der Waals surface area (Å²) in [5.74, 6) is 1.69. The highest BCUT2D eigenvalue weighted by Crippen LogP contribution is 2.38. The van der Waals surface area contributed by atoms with Crippen LogP contribution in [0, 0.1) is 6.92 Å². The second kappa shape index (κ2) is 6.60. The van der Waals surface area contributed by atoms with Crippen molar-refractivity contribution in [1.29, 1.82) is 0 Å². The van der Waals surface area contributed by atoms with Gasteiger partial charge < -0.3 is 0 Å². The molecule has 0 amide bonds. The molecule has 1 fully saturated rings. The van der Waals surface area contributed by atoms with Crippen LogP contribution in [-0.2, 0) is 19.5 Å². The van der Waals surface area contributed by atoms with Gasteiger partial charge in [0, 0.05) is 60.2 Å². The maximum Gasteiger partial charge on any atom is 0.131 e. The first kappa shape index (κ1) is 17.0. The zero-order chi connectivity index (χ0) is 19.4. The Hall–Kier alpha value is -2.85. The topological polar surface area (TPSA) is 41.9 Å². The van der Waals surface area contributed by atoms with Gasteiger partial charge in [-0.05, 0) is 43.5 Å². The standard InChI is InChI=1S/C25H24N4/c1-16-6-9-24-20(12-16)21(19-4-2-3-5-23(19)27-24)15-29-11-10-22-18(14-29)13-26-25(28-22)17-7-8-17/h2-6,9,12-13,17H,7-8,10-11,14-15H2,1H3. The lowest BCUT2D eigenvalue weighted by molar-refractivity contribution is 0.244. The summed E-state index contributed by atoms with van der Waals surface area (Å²) in [4.78, 5) is 17.0. The van der Waals surface area contributed by atoms with E-state index in [2.05, 4.69) is 65.5 Å². The molecule has 4 heteroatoms. The summed E-state index contributed by atoms with van der Waals surface area (Å²) in [7, 11) is 0. The molecule has 1 aliphatic carbocycles. The van der Waals surface area contributed by atoms with Crippen molar-refractivity contribution in [3.05, 3.63) is 76.9 Å². The Morgan fingerprint density at radius 3 is 2.76 bits per heavy atom. The third-order valence-electron chi connectivity index (χ3n) is 6.30. The lowest BCUT2D eigenvalue weighted by Gasteiger charge is -2.29. The van der Waals surface area contributed by atoms with Gasteiger partial charge in [-0.2, -0.15) is 0 Å². The van der Waals surface area contributed by atoms with E-state index in [4.69, 9.17) is 9.97 Å². The Morgan fingerprint density at radius 1 is 1.00 bits per heavy atom. The summed E-state index contributed by atoms with van der Waals surface area (Å²) in [6.07, 6.45) is 5.60. The molecule has 6 rings (SSSR count). The second-order valence-corrected chi connectivity index (χ2v) is 8.56. The molecule has 2 aromatic carbocycles. The van der Waals surface area contributed by atoms with Crippen LogP contribution >= 0.6 is 0 Å². The van der Waals surface area contributed by atoms with Crippen molar-refractivity contribution in [2.24, 2.45) is 0 Å². The van der Waals surface area contributed by atoms with Crippen LogP contribution in [0.2, 0.25) is 0 Å². The number of hydrogen-bond donors (Lipinski definition) is 0. The highest BCUT2D eigenvalue weighted by atomic mass is 15.1. The molecule has 3 heterocycles. The number of aryl methyl sites for hydroxylation is 1. The maximum atomic E-state index is 4.90. The third kappa shape index (κ3) is 3.08. The first-order valence-electron chi connectivity index (χ1n) is 10.6. The molecular formula is C25H24N4. The van der Waals surface area contributed by atoms with E-state index in [1.807, 2.05) is 0 Å². The van der Waals surface area contributed by atoms with E-state index >= 15 is 0 Å². The van der Waals surface area contributed by atoms with Gasteiger partial charge in [0.15, 0.2) is 0 Å². The maximum absolute atomic E-state index is 4.90. The number of pyridine rings is 1. The minimum atomic E-state index is 0.621. The van der Waals surface area contributed by atoms with Gasteiger partial charge in [0.1, 0.15) is 5.82 Å². The van der Waals surface area contributed by atoms with E-state index < -0.39 is 0 Å². The molecule has 2 aromatic heterocycles. The Bertz CT molecular complexity index is 1240. The van der Waals surface area contributed by atoms with Crippen molar-refractivity contribution in [2.75, 3.05) is 6.54 Å². The van der Waals surface area contributed by atoms with Gasteiger partial charge in [0.05, 0.1) is 11.0 Å². The van der Waals surface area contributed by atoms with Gasteiger partial charge in [-0.3, -0.25) is 4.90 Å². The lowest BCUT2D eigenvalue weighted by atomic mass is 9.99. The van der Waals surface area contributed by atoms with Gasteiger partial charge in [-0.1, -0.05) is 29.8 Å². The quantitative estimate of drug-likeness (QED) is 0.473. The Labute approximate surface area is 170 Å². The molecule has 0 atom stereocenters. The number of fused-ring (bicyclic) bond motifs is 3. The number of hydrogen-bond acceptors (Lipinski definition) is 4. The van der Waals surface area contributed by atoms with Crippen LogP contribution in [0.3, 0.4) is 0 Å². The summed E-state index contributed by atoms with van der Waals surface area (Å²) in [5, 5.41) is 2.53. The minimum Gasteiger partial charge on any atom is -0.294 e. The predicted molar refractivity (Wildman–Crippen MR) is 116 cm³/mol. The van der Waals surface area contributed by atoms with E-state index in [0.717, 1.165) is 42.9 Å². The fourth-order valence-corrected chi connectivity index (χ4v) is 4.55. The smallest absolute Gasteiger partial charge is 0.131 e. The third-order valence-corrected chi connectivity index (χ3v) is 6.30. The molecule has 1 aliphatic heterocycles. The molecule has 2 aliphatic rings. The van der Waals surface area contributed by atoms with Crippen molar-refractivity contribution in [1.82, 2.24) is 19.9 Å². The number of aromatic nitrogens is 3. The molecular weight excluding hydrogens is 356 g/mol. The minimum absolute atomic E-state index is 0.621. The van der Waals surface area contributed by atoms with E-state index in [9.17, 15) is 0 Å². The fourth-order valence-electron chi connectivity index (χ4n) is 4.55. The van der Waals surface area contributed by atoms with E-state index in [0.29, 0.717) is 5.92 Å². The molecule has 0 spiro atoms. The summed E-state index contributed by atoms with van der Waals surface area (Å²) in [6, 6.07) is 15.1. The van der Waals surface area contributed by atoms with Crippen LogP contribution < -0.4 is 0 Å². The Kier molecular flexibility index (Phi) is 3.88. The lowest BCUT2D eigenvalue weighted by Crippen LogP contribution is -2.31. The van der Waals surface area contributed by atoms with Crippen LogP contribution in [0.25, 0.3) is 21.8 Å². The first-order chi connectivity index (χ1) is 14.2. The largest absolute Gasteiger partial charge is 0.294 e. The van der Waals surface area contributed by atoms with E-state index in [1.165, 1.54) is 46.0 Å². The fraction of sp³-hybridized carbons (Fsp3) is 0.320. The number of nitrogens with zero attached hydrogens (tertiary/aromatic N) is 4. The van der Waals surface area contributed by atoms with E-state index in [-0.39, 0.29) is 0 Å². The number of rotatable bonds is 3. The van der Waals surface area contributed by atoms with Crippen LogP contribution in [0.15, 0.2) is 48.7 Å². The highest BCUT2D eigenvalue weighted by molar-refractivity contribution is 5.97. The van der Waals surface area contributed by atoms with Gasteiger partial charge in [-0.25, -0.2) is 15.0 Å². The number of para-hydroxylation sites is 1. The monoisotopic (exact) mass is 380 g/mol. The van der Waals surface area contributed by atoms with Gasteiger partial charge >= 0.3 is 0 Å². The Balaban J connectivity index is 1.38. The average molecular weight is 380 g/mol. The van der Waals surface area contributed by atoms with Crippen molar-refractivity contribution in [2.45, 2.75) is 45.2 Å². The summed E-state index contributed by atoms with van der Waals surface area (Å²) < 4.78 is 0. The van der Waals surface area contributed by atoms with Crippen LogP contribution in [0.1, 0.15) is 47.0 Å². The molecule has 0 saturated heterocycles. The van der Waals surface area contributed by atoms with E-state index in [1.54, 1.807) is 0 Å². The summed E-state index contributed by atoms with van der Waals surface area (Å²) >= 11 is 0. The van der Waals surface area contributed by atoms with Crippen LogP contribution in [-0.4, -0.2) is 26.4 Å². The van der Waals surface area contributed by atoms with Crippen molar-refractivity contribution < 1.29 is 0 Å². The highest BCUT2D eigenvalue weighted by Gasteiger charge is 2.28. The second-order valence-electron chi connectivity index (χ2n) is 8.56. The zero-order valence-corrected chi connectivity index (χ0v) is 16.7. The van der Waals surface area contributed by atoms with Gasteiger partial charge in [0.2, 0.25) is 0 Å². The molecule has 29 heavy (non-hydrogen) atoms. The van der Waals surface area contributed by atoms with Crippen molar-refractivity contribution in [3.8, 4) is 0 Å². The van der Waals surface area contributed by atoms with Crippen molar-refractivity contribution >= 4 is 21.8 Å². The zero-order valence-electron chi connectivity index (χ0n) is 16.7. The molecule has 0 N–H and O–H groups in total. The molecule has 0 unspecified atom stereocenters. The average Bonchev–Trinajstić information content (AvgIpc) is 3.59. The van der Waals surface area contributed by atoms with Crippen LogP contribution in [0.4, 0.5) is 0 Å². The van der Waals surface area contributed by atoms with Crippen LogP contribution in [0.5, 0.6) is 0 Å². The molecule has 4 aromatic rings. The summed E-state index contributed by atoms with van der Waals surface area (Å²) in [5.41, 5.74) is 7.37. The van der Waals surface area contributed by atoms with Gasteiger partial charge in [0.25, 0.3) is 0 Å². The predicted octanol–water partition coefficient (Wildman–Crippen LogP) is 4.92.